The van der Waals surface area contributed by atoms with E-state index in [0.717, 1.165) is 24.7 Å². The first-order chi connectivity index (χ1) is 10.5. The van der Waals surface area contributed by atoms with Crippen molar-refractivity contribution in [3.05, 3.63) is 17.0 Å². The molecule has 1 aliphatic carbocycles. The first-order valence-corrected chi connectivity index (χ1v) is 8.52. The molecule has 132 valence electrons. The van der Waals surface area contributed by atoms with Gasteiger partial charge in [0.15, 0.2) is 5.96 Å². The minimum atomic E-state index is 0. The summed E-state index contributed by atoms with van der Waals surface area (Å²) in [5.41, 5.74) is 3.99. The zero-order valence-corrected chi connectivity index (χ0v) is 17.5. The number of rotatable bonds is 6. The van der Waals surface area contributed by atoms with Crippen LogP contribution in [-0.2, 0) is 13.6 Å². The van der Waals surface area contributed by atoms with Crippen LogP contribution in [0.1, 0.15) is 56.5 Å². The fourth-order valence-corrected chi connectivity index (χ4v) is 3.15. The first kappa shape index (κ1) is 20.3. The molecule has 0 atom stereocenters. The van der Waals surface area contributed by atoms with Crippen molar-refractivity contribution in [2.75, 3.05) is 13.1 Å². The van der Waals surface area contributed by atoms with Crippen LogP contribution in [0.2, 0.25) is 0 Å². The Morgan fingerprint density at radius 3 is 2.39 bits per heavy atom. The topological polar surface area (TPSA) is 54.2 Å². The molecule has 6 heteroatoms. The van der Waals surface area contributed by atoms with Gasteiger partial charge < -0.3 is 10.6 Å². The molecular weight excluding hydrogens is 401 g/mol. The molecule has 1 aromatic heterocycles. The maximum atomic E-state index is 4.76. The van der Waals surface area contributed by atoms with Crippen LogP contribution in [0.5, 0.6) is 0 Å². The number of aromatic nitrogens is 2. The quantitative estimate of drug-likeness (QED) is 0.411. The molecule has 0 amide bonds. The normalized spacial score (nSPS) is 16.5. The van der Waals surface area contributed by atoms with Gasteiger partial charge in [0.25, 0.3) is 0 Å². The van der Waals surface area contributed by atoms with Crippen LogP contribution in [0.15, 0.2) is 4.99 Å². The van der Waals surface area contributed by atoms with Gasteiger partial charge in [-0.3, -0.25) is 4.68 Å². The summed E-state index contributed by atoms with van der Waals surface area (Å²) < 4.78 is 1.93. The summed E-state index contributed by atoms with van der Waals surface area (Å²) in [6.07, 6.45) is 5.31. The maximum Gasteiger partial charge on any atom is 0.191 e. The number of hydrogen-bond donors (Lipinski definition) is 2. The van der Waals surface area contributed by atoms with E-state index in [1.54, 1.807) is 0 Å². The molecule has 1 saturated carbocycles. The molecule has 1 heterocycles. The van der Waals surface area contributed by atoms with Gasteiger partial charge in [0.2, 0.25) is 0 Å². The third-order valence-corrected chi connectivity index (χ3v) is 5.19. The van der Waals surface area contributed by atoms with Crippen LogP contribution in [0.3, 0.4) is 0 Å². The second-order valence-corrected chi connectivity index (χ2v) is 6.53. The molecule has 0 unspecified atom stereocenters. The van der Waals surface area contributed by atoms with Crippen molar-refractivity contribution < 1.29 is 0 Å². The monoisotopic (exact) mass is 433 g/mol. The van der Waals surface area contributed by atoms with Crippen molar-refractivity contribution in [3.8, 4) is 0 Å². The molecule has 0 spiro atoms. The SMILES string of the molecule is CCNC(=NCc1c(C)nn(C)c1C)NCC1(CC)CCC1.I. The van der Waals surface area contributed by atoms with Gasteiger partial charge in [0.05, 0.1) is 12.2 Å². The van der Waals surface area contributed by atoms with E-state index in [-0.39, 0.29) is 24.0 Å². The molecule has 1 aliphatic rings. The molecule has 2 rings (SSSR count). The van der Waals surface area contributed by atoms with E-state index in [4.69, 9.17) is 4.99 Å². The predicted octanol–water partition coefficient (Wildman–Crippen LogP) is 3.29. The number of nitrogens with zero attached hydrogens (tertiary/aromatic N) is 3. The summed E-state index contributed by atoms with van der Waals surface area (Å²) in [5.74, 6) is 0.921. The van der Waals surface area contributed by atoms with Gasteiger partial charge in [-0.1, -0.05) is 13.3 Å². The predicted molar refractivity (Wildman–Crippen MR) is 107 cm³/mol. The van der Waals surface area contributed by atoms with Crippen LogP contribution in [-0.4, -0.2) is 28.8 Å². The van der Waals surface area contributed by atoms with E-state index >= 15 is 0 Å². The second kappa shape index (κ2) is 8.89. The molecule has 1 aromatic rings. The second-order valence-electron chi connectivity index (χ2n) is 6.53. The van der Waals surface area contributed by atoms with E-state index in [1.165, 1.54) is 36.9 Å². The van der Waals surface area contributed by atoms with E-state index in [1.807, 2.05) is 11.7 Å². The average Bonchev–Trinajstić information content (AvgIpc) is 2.69. The number of nitrogens with one attached hydrogen (secondary N) is 2. The Bertz CT molecular complexity index is 526. The average molecular weight is 433 g/mol. The number of aliphatic imine (C=N–C) groups is 1. The Kier molecular flexibility index (Phi) is 7.83. The molecule has 0 saturated heterocycles. The zero-order chi connectivity index (χ0) is 16.2. The number of hydrogen-bond acceptors (Lipinski definition) is 2. The van der Waals surface area contributed by atoms with Gasteiger partial charge in [-0.25, -0.2) is 4.99 Å². The molecule has 0 aromatic carbocycles. The molecule has 1 fully saturated rings. The van der Waals surface area contributed by atoms with Crippen molar-refractivity contribution in [1.29, 1.82) is 0 Å². The summed E-state index contributed by atoms with van der Waals surface area (Å²) >= 11 is 0. The number of halogens is 1. The smallest absolute Gasteiger partial charge is 0.191 e. The van der Waals surface area contributed by atoms with Gasteiger partial charge in [0, 0.05) is 31.4 Å². The van der Waals surface area contributed by atoms with E-state index in [2.05, 4.69) is 43.4 Å². The fourth-order valence-electron chi connectivity index (χ4n) is 3.15. The van der Waals surface area contributed by atoms with Crippen molar-refractivity contribution in [3.63, 3.8) is 0 Å². The van der Waals surface area contributed by atoms with Gasteiger partial charge in [-0.05, 0) is 45.4 Å². The molecule has 0 radical (unpaired) electrons. The Morgan fingerprint density at radius 1 is 1.26 bits per heavy atom. The number of guanidine groups is 1. The van der Waals surface area contributed by atoms with Gasteiger partial charge in [-0.15, -0.1) is 24.0 Å². The maximum absolute atomic E-state index is 4.76. The Hall–Kier alpha value is -0.790. The molecule has 0 bridgehead atoms. The highest BCUT2D eigenvalue weighted by atomic mass is 127. The largest absolute Gasteiger partial charge is 0.357 e. The van der Waals surface area contributed by atoms with E-state index in [0.29, 0.717) is 12.0 Å². The third-order valence-electron chi connectivity index (χ3n) is 5.19. The Labute approximate surface area is 157 Å². The summed E-state index contributed by atoms with van der Waals surface area (Å²) in [7, 11) is 1.99. The third kappa shape index (κ3) is 4.84. The van der Waals surface area contributed by atoms with Crippen molar-refractivity contribution in [1.82, 2.24) is 20.4 Å². The summed E-state index contributed by atoms with van der Waals surface area (Å²) in [6, 6.07) is 0. The van der Waals surface area contributed by atoms with E-state index in [9.17, 15) is 0 Å². The zero-order valence-electron chi connectivity index (χ0n) is 15.2. The fraction of sp³-hybridized carbons (Fsp3) is 0.765. The van der Waals surface area contributed by atoms with Crippen molar-refractivity contribution in [2.45, 2.75) is 59.9 Å². The highest BCUT2D eigenvalue weighted by Gasteiger charge is 2.34. The van der Waals surface area contributed by atoms with Crippen LogP contribution in [0, 0.1) is 19.3 Å². The van der Waals surface area contributed by atoms with Gasteiger partial charge >= 0.3 is 0 Å². The van der Waals surface area contributed by atoms with Crippen LogP contribution in [0.25, 0.3) is 0 Å². The number of aryl methyl sites for hydroxylation is 2. The van der Waals surface area contributed by atoms with Crippen molar-refractivity contribution >= 4 is 29.9 Å². The highest BCUT2D eigenvalue weighted by Crippen LogP contribution is 2.42. The van der Waals surface area contributed by atoms with Gasteiger partial charge in [0.1, 0.15) is 0 Å². The molecule has 0 aliphatic heterocycles. The van der Waals surface area contributed by atoms with Crippen LogP contribution >= 0.6 is 24.0 Å². The summed E-state index contributed by atoms with van der Waals surface area (Å²) in [5, 5.41) is 11.4. The standard InChI is InChI=1S/C17H31N5.HI/c1-6-17(9-8-10-17)12-20-16(18-7-2)19-11-15-13(3)21-22(5)14(15)4;/h6-12H2,1-5H3,(H2,18,19,20);1H. The highest BCUT2D eigenvalue weighted by molar-refractivity contribution is 14.0. The molecule has 5 nitrogen and oxygen atoms in total. The molecule has 23 heavy (non-hydrogen) atoms. The lowest BCUT2D eigenvalue weighted by atomic mass is 9.67. The summed E-state index contributed by atoms with van der Waals surface area (Å²) in [6.45, 7) is 11.2. The minimum Gasteiger partial charge on any atom is -0.357 e. The molecule has 2 N–H and O–H groups in total. The van der Waals surface area contributed by atoms with Crippen LogP contribution in [0.4, 0.5) is 0 Å². The lowest BCUT2D eigenvalue weighted by Crippen LogP contribution is -2.46. The van der Waals surface area contributed by atoms with Gasteiger partial charge in [-0.2, -0.15) is 5.10 Å². The van der Waals surface area contributed by atoms with Crippen LogP contribution < -0.4 is 10.6 Å². The minimum absolute atomic E-state index is 0. The lowest BCUT2D eigenvalue weighted by Gasteiger charge is -2.41. The van der Waals surface area contributed by atoms with E-state index < -0.39 is 0 Å². The molecular formula is C17H32IN5. The Morgan fingerprint density at radius 2 is 1.96 bits per heavy atom. The summed E-state index contributed by atoms with van der Waals surface area (Å²) in [4.78, 5) is 4.76. The van der Waals surface area contributed by atoms with Crippen molar-refractivity contribution in [2.24, 2.45) is 17.5 Å². The first-order valence-electron chi connectivity index (χ1n) is 8.52. The Balaban J connectivity index is 0.00000264. The lowest BCUT2D eigenvalue weighted by molar-refractivity contribution is 0.131.